The van der Waals surface area contributed by atoms with Crippen molar-refractivity contribution in [2.24, 2.45) is 0 Å². The van der Waals surface area contributed by atoms with Crippen molar-refractivity contribution >= 4 is 40.4 Å². The van der Waals surface area contributed by atoms with E-state index in [0.717, 1.165) is 32.7 Å². The van der Waals surface area contributed by atoms with E-state index in [1.807, 2.05) is 4.90 Å². The van der Waals surface area contributed by atoms with E-state index >= 15 is 0 Å². The van der Waals surface area contributed by atoms with Gasteiger partial charge in [0.1, 0.15) is 4.34 Å². The molecular weight excluding hydrogens is 341 g/mol. The van der Waals surface area contributed by atoms with Crippen LogP contribution < -0.4 is 0 Å². The number of halogens is 2. The van der Waals surface area contributed by atoms with Crippen molar-refractivity contribution in [3.63, 3.8) is 0 Å². The van der Waals surface area contributed by atoms with E-state index in [0.29, 0.717) is 20.3 Å². The molecule has 1 aromatic heterocycles. The quantitative estimate of drug-likeness (QED) is 0.810. The maximum atomic E-state index is 12.5. The van der Waals surface area contributed by atoms with Gasteiger partial charge in [0, 0.05) is 38.8 Å². The fourth-order valence-electron chi connectivity index (χ4n) is 3.38. The summed E-state index contributed by atoms with van der Waals surface area (Å²) in [6.45, 7) is 5.76. The van der Waals surface area contributed by atoms with Gasteiger partial charge in [-0.05, 0) is 32.5 Å². The van der Waals surface area contributed by atoms with Gasteiger partial charge in [0.15, 0.2) is 0 Å². The third kappa shape index (κ3) is 3.60. The standard InChI is InChI=1S/C15H21Cl2N3OS/c1-18-4-2-3-11(10-18)19-5-7-20(8-6-19)15(21)12-9-13(16)22-14(12)17/h9,11H,2-8,10H2,1H3. The van der Waals surface area contributed by atoms with Gasteiger partial charge in [0.05, 0.1) is 9.90 Å². The number of hydrogen-bond acceptors (Lipinski definition) is 4. The van der Waals surface area contributed by atoms with E-state index in [2.05, 4.69) is 16.8 Å². The molecule has 2 aliphatic rings. The molecule has 1 unspecified atom stereocenters. The molecule has 7 heteroatoms. The molecule has 122 valence electrons. The molecule has 1 aromatic rings. The van der Waals surface area contributed by atoms with Crippen LogP contribution in [0.2, 0.25) is 8.67 Å². The first kappa shape index (κ1) is 16.5. The van der Waals surface area contributed by atoms with Crippen LogP contribution in [-0.2, 0) is 0 Å². The highest BCUT2D eigenvalue weighted by Gasteiger charge is 2.29. The van der Waals surface area contributed by atoms with E-state index in [1.165, 1.54) is 30.7 Å². The second kappa shape index (κ2) is 7.05. The topological polar surface area (TPSA) is 26.8 Å². The average molecular weight is 362 g/mol. The lowest BCUT2D eigenvalue weighted by Gasteiger charge is -2.42. The van der Waals surface area contributed by atoms with Crippen LogP contribution in [0.15, 0.2) is 6.07 Å². The molecule has 2 aliphatic heterocycles. The fraction of sp³-hybridized carbons (Fsp3) is 0.667. The van der Waals surface area contributed by atoms with Crippen molar-refractivity contribution in [1.82, 2.24) is 14.7 Å². The lowest BCUT2D eigenvalue weighted by atomic mass is 10.0. The normalized spacial score (nSPS) is 24.7. The Balaban J connectivity index is 1.57. The first-order valence-corrected chi connectivity index (χ1v) is 9.28. The van der Waals surface area contributed by atoms with Gasteiger partial charge in [0.25, 0.3) is 5.91 Å². The Morgan fingerprint density at radius 2 is 1.95 bits per heavy atom. The van der Waals surface area contributed by atoms with Crippen LogP contribution in [0.5, 0.6) is 0 Å². The zero-order valence-corrected chi connectivity index (χ0v) is 15.1. The van der Waals surface area contributed by atoms with Crippen LogP contribution in [0.1, 0.15) is 23.2 Å². The molecule has 3 heterocycles. The summed E-state index contributed by atoms with van der Waals surface area (Å²) in [6.07, 6.45) is 2.54. The van der Waals surface area contributed by atoms with Gasteiger partial charge >= 0.3 is 0 Å². The highest BCUT2D eigenvalue weighted by Crippen LogP contribution is 2.32. The smallest absolute Gasteiger partial charge is 0.256 e. The third-order valence-electron chi connectivity index (χ3n) is 4.60. The zero-order valence-electron chi connectivity index (χ0n) is 12.7. The molecule has 22 heavy (non-hydrogen) atoms. The number of rotatable bonds is 2. The number of thiophene rings is 1. The SMILES string of the molecule is CN1CCCC(N2CCN(C(=O)c3cc(Cl)sc3Cl)CC2)C1. The number of carbonyl (C=O) groups excluding carboxylic acids is 1. The number of likely N-dealkylation sites (N-methyl/N-ethyl adjacent to an activating group) is 1. The van der Waals surface area contributed by atoms with Crippen LogP contribution in [0.25, 0.3) is 0 Å². The van der Waals surface area contributed by atoms with Gasteiger partial charge in [-0.2, -0.15) is 0 Å². The zero-order chi connectivity index (χ0) is 15.7. The number of nitrogens with zero attached hydrogens (tertiary/aromatic N) is 3. The third-order valence-corrected chi connectivity index (χ3v) is 6.09. The fourth-order valence-corrected chi connectivity index (χ4v) is 4.83. The van der Waals surface area contributed by atoms with Gasteiger partial charge in [0.2, 0.25) is 0 Å². The van der Waals surface area contributed by atoms with Gasteiger partial charge in [-0.15, -0.1) is 11.3 Å². The summed E-state index contributed by atoms with van der Waals surface area (Å²) in [7, 11) is 2.19. The Morgan fingerprint density at radius 3 is 2.55 bits per heavy atom. The number of hydrogen-bond donors (Lipinski definition) is 0. The lowest BCUT2D eigenvalue weighted by molar-refractivity contribution is 0.0452. The maximum Gasteiger partial charge on any atom is 0.256 e. The number of piperazine rings is 1. The van der Waals surface area contributed by atoms with Gasteiger partial charge < -0.3 is 9.80 Å². The van der Waals surface area contributed by atoms with Gasteiger partial charge in [-0.1, -0.05) is 23.2 Å². The Hall–Kier alpha value is -0.330. The molecule has 0 saturated carbocycles. The molecule has 2 saturated heterocycles. The van der Waals surface area contributed by atoms with Crippen LogP contribution in [-0.4, -0.2) is 73.0 Å². The molecule has 0 spiro atoms. The van der Waals surface area contributed by atoms with E-state index in [1.54, 1.807) is 6.07 Å². The number of piperidine rings is 1. The highest BCUT2D eigenvalue weighted by molar-refractivity contribution is 7.20. The van der Waals surface area contributed by atoms with Crippen molar-refractivity contribution in [1.29, 1.82) is 0 Å². The Bertz CT molecular complexity index is 543. The lowest BCUT2D eigenvalue weighted by Crippen LogP contribution is -2.55. The van der Waals surface area contributed by atoms with Crippen molar-refractivity contribution < 1.29 is 4.79 Å². The molecule has 0 N–H and O–H groups in total. The predicted molar refractivity (Wildman–Crippen MR) is 92.3 cm³/mol. The number of carbonyl (C=O) groups is 1. The van der Waals surface area contributed by atoms with E-state index in [4.69, 9.17) is 23.2 Å². The Kier molecular flexibility index (Phi) is 5.30. The van der Waals surface area contributed by atoms with E-state index in [9.17, 15) is 4.79 Å². The summed E-state index contributed by atoms with van der Waals surface area (Å²) in [5, 5.41) is 0. The highest BCUT2D eigenvalue weighted by atomic mass is 35.5. The number of likely N-dealkylation sites (tertiary alicyclic amines) is 1. The van der Waals surface area contributed by atoms with E-state index in [-0.39, 0.29) is 5.91 Å². The molecule has 0 bridgehead atoms. The first-order chi connectivity index (χ1) is 10.5. The first-order valence-electron chi connectivity index (χ1n) is 7.71. The molecule has 0 radical (unpaired) electrons. The van der Waals surface area contributed by atoms with Crippen LogP contribution in [0.4, 0.5) is 0 Å². The summed E-state index contributed by atoms with van der Waals surface area (Å²) in [4.78, 5) is 19.4. The molecule has 1 atom stereocenters. The molecular formula is C15H21Cl2N3OS. The summed E-state index contributed by atoms with van der Waals surface area (Å²) >= 11 is 13.3. The van der Waals surface area contributed by atoms with Crippen molar-refractivity contribution in [2.75, 3.05) is 46.3 Å². The summed E-state index contributed by atoms with van der Waals surface area (Å²) in [5.74, 6) is 0.00793. The average Bonchev–Trinajstić information content (AvgIpc) is 2.85. The minimum Gasteiger partial charge on any atom is -0.336 e. The Morgan fingerprint density at radius 1 is 1.23 bits per heavy atom. The molecule has 3 rings (SSSR count). The van der Waals surface area contributed by atoms with Crippen LogP contribution in [0, 0.1) is 0 Å². The predicted octanol–water partition coefficient (Wildman–Crippen LogP) is 2.91. The number of amides is 1. The maximum absolute atomic E-state index is 12.5. The van der Waals surface area contributed by atoms with Gasteiger partial charge in [-0.25, -0.2) is 0 Å². The minimum absolute atomic E-state index is 0.00793. The molecule has 2 fully saturated rings. The summed E-state index contributed by atoms with van der Waals surface area (Å²) in [5.41, 5.74) is 0.544. The van der Waals surface area contributed by atoms with Crippen molar-refractivity contribution in [2.45, 2.75) is 18.9 Å². The second-order valence-corrected chi connectivity index (χ2v) is 8.41. The van der Waals surface area contributed by atoms with Crippen LogP contribution >= 0.6 is 34.5 Å². The minimum atomic E-state index is 0.00793. The monoisotopic (exact) mass is 361 g/mol. The largest absolute Gasteiger partial charge is 0.336 e. The van der Waals surface area contributed by atoms with Crippen molar-refractivity contribution in [3.8, 4) is 0 Å². The molecule has 4 nitrogen and oxygen atoms in total. The second-order valence-electron chi connectivity index (χ2n) is 6.12. The van der Waals surface area contributed by atoms with Crippen molar-refractivity contribution in [3.05, 3.63) is 20.3 Å². The Labute approximate surface area is 145 Å². The summed E-state index contributed by atoms with van der Waals surface area (Å²) in [6, 6.07) is 2.31. The van der Waals surface area contributed by atoms with E-state index < -0.39 is 0 Å². The molecule has 0 aliphatic carbocycles. The molecule has 1 amide bonds. The molecule has 0 aromatic carbocycles. The summed E-state index contributed by atoms with van der Waals surface area (Å²) < 4.78 is 1.06. The van der Waals surface area contributed by atoms with Gasteiger partial charge in [-0.3, -0.25) is 9.69 Å². The van der Waals surface area contributed by atoms with Crippen LogP contribution in [0.3, 0.4) is 0 Å².